The number of piperazine rings is 1. The van der Waals surface area contributed by atoms with Gasteiger partial charge in [0.05, 0.1) is 11.3 Å². The topological polar surface area (TPSA) is 58.9 Å². The van der Waals surface area contributed by atoms with Gasteiger partial charge in [0, 0.05) is 42.6 Å². The number of anilines is 1. The predicted octanol–water partition coefficient (Wildman–Crippen LogP) is 4.22. The van der Waals surface area contributed by atoms with E-state index in [4.69, 9.17) is 21.6 Å². The molecule has 0 saturated carbocycles. The van der Waals surface area contributed by atoms with Crippen molar-refractivity contribution in [1.29, 1.82) is 0 Å². The number of hydrogen-bond acceptors (Lipinski definition) is 5. The highest BCUT2D eigenvalue weighted by Crippen LogP contribution is 2.33. The van der Waals surface area contributed by atoms with Crippen molar-refractivity contribution in [2.75, 3.05) is 18.0 Å². The Labute approximate surface area is 183 Å². The van der Waals surface area contributed by atoms with Crippen molar-refractivity contribution < 1.29 is 4.39 Å². The van der Waals surface area contributed by atoms with Crippen molar-refractivity contribution in [3.63, 3.8) is 0 Å². The van der Waals surface area contributed by atoms with Crippen LogP contribution in [-0.2, 0) is 0 Å². The second-order valence-corrected chi connectivity index (χ2v) is 8.54. The van der Waals surface area contributed by atoms with E-state index in [1.54, 1.807) is 18.5 Å². The Kier molecular flexibility index (Phi) is 4.40. The molecule has 6 nitrogen and oxygen atoms in total. The SMILES string of the molecule is Fc1ccc(Cl)cc1-c1nc2ccc(N3C[C@H]4CC[C@@H]3CN4)nc2n1-c1ccncc1. The van der Waals surface area contributed by atoms with Crippen molar-refractivity contribution in [3.05, 3.63) is 65.7 Å². The Hall–Kier alpha value is -3.03. The van der Waals surface area contributed by atoms with Crippen molar-refractivity contribution in [2.24, 2.45) is 0 Å². The number of aromatic nitrogens is 4. The van der Waals surface area contributed by atoms with Crippen LogP contribution < -0.4 is 10.2 Å². The third-order valence-electron chi connectivity index (χ3n) is 6.22. The van der Waals surface area contributed by atoms with E-state index in [1.165, 1.54) is 25.0 Å². The van der Waals surface area contributed by atoms with E-state index in [2.05, 4.69) is 15.2 Å². The Morgan fingerprint density at radius 3 is 2.65 bits per heavy atom. The molecule has 3 aromatic heterocycles. The van der Waals surface area contributed by atoms with Gasteiger partial charge in [-0.25, -0.2) is 14.4 Å². The van der Waals surface area contributed by atoms with Gasteiger partial charge in [0.2, 0.25) is 0 Å². The van der Waals surface area contributed by atoms with Gasteiger partial charge in [-0.3, -0.25) is 9.55 Å². The lowest BCUT2D eigenvalue weighted by molar-refractivity contribution is 0.289. The fraction of sp³-hybridized carbons (Fsp3) is 0.261. The number of halogens is 2. The second kappa shape index (κ2) is 7.28. The maximum absolute atomic E-state index is 14.8. The molecule has 3 fully saturated rings. The maximum atomic E-state index is 14.8. The summed E-state index contributed by atoms with van der Waals surface area (Å²) in [6.45, 7) is 1.93. The lowest BCUT2D eigenvalue weighted by Gasteiger charge is -2.46. The van der Waals surface area contributed by atoms with Crippen LogP contribution in [0.25, 0.3) is 28.2 Å². The number of piperidine rings is 2. The van der Waals surface area contributed by atoms with Gasteiger partial charge in [0.25, 0.3) is 0 Å². The monoisotopic (exact) mass is 434 g/mol. The van der Waals surface area contributed by atoms with Crippen LogP contribution in [0.2, 0.25) is 5.02 Å². The van der Waals surface area contributed by atoms with Gasteiger partial charge in [0.15, 0.2) is 5.65 Å². The minimum atomic E-state index is -0.380. The van der Waals surface area contributed by atoms with E-state index < -0.39 is 0 Å². The molecule has 0 aliphatic carbocycles. The summed E-state index contributed by atoms with van der Waals surface area (Å²) in [7, 11) is 0. The van der Waals surface area contributed by atoms with Crippen LogP contribution in [0.5, 0.6) is 0 Å². The first-order valence-corrected chi connectivity index (χ1v) is 10.8. The Bertz CT molecular complexity index is 1270. The summed E-state index contributed by atoms with van der Waals surface area (Å²) in [6.07, 6.45) is 5.79. The Balaban J connectivity index is 1.57. The lowest BCUT2D eigenvalue weighted by atomic mass is 9.93. The fourth-order valence-corrected chi connectivity index (χ4v) is 4.86. The molecule has 1 N–H and O–H groups in total. The molecule has 31 heavy (non-hydrogen) atoms. The van der Waals surface area contributed by atoms with Gasteiger partial charge in [-0.05, 0) is 55.3 Å². The van der Waals surface area contributed by atoms with Gasteiger partial charge in [-0.2, -0.15) is 0 Å². The largest absolute Gasteiger partial charge is 0.351 e. The molecule has 2 bridgehead atoms. The zero-order valence-electron chi connectivity index (χ0n) is 16.7. The Morgan fingerprint density at radius 1 is 1.03 bits per heavy atom. The van der Waals surface area contributed by atoms with Crippen LogP contribution in [0.3, 0.4) is 0 Å². The molecule has 0 unspecified atom stereocenters. The van der Waals surface area contributed by atoms with Gasteiger partial charge < -0.3 is 10.2 Å². The summed E-state index contributed by atoms with van der Waals surface area (Å²) in [5.74, 6) is 1.01. The summed E-state index contributed by atoms with van der Waals surface area (Å²) in [5.41, 5.74) is 2.55. The van der Waals surface area contributed by atoms with Crippen molar-refractivity contribution in [2.45, 2.75) is 24.9 Å². The highest BCUT2D eigenvalue weighted by molar-refractivity contribution is 6.30. The molecule has 2 atom stereocenters. The van der Waals surface area contributed by atoms with Crippen molar-refractivity contribution in [1.82, 2.24) is 24.8 Å². The highest BCUT2D eigenvalue weighted by Gasteiger charge is 2.34. The quantitative estimate of drug-likeness (QED) is 0.523. The van der Waals surface area contributed by atoms with Crippen molar-refractivity contribution >= 4 is 28.6 Å². The first-order chi connectivity index (χ1) is 15.2. The van der Waals surface area contributed by atoms with Gasteiger partial charge in [-0.15, -0.1) is 0 Å². The number of nitrogens with one attached hydrogen (secondary N) is 1. The summed E-state index contributed by atoms with van der Waals surface area (Å²) < 4.78 is 16.7. The molecule has 6 heterocycles. The van der Waals surface area contributed by atoms with E-state index in [0.29, 0.717) is 39.7 Å². The molecule has 8 heteroatoms. The second-order valence-electron chi connectivity index (χ2n) is 8.10. The van der Waals surface area contributed by atoms with E-state index in [0.717, 1.165) is 24.6 Å². The standard InChI is InChI=1S/C23H20ClFN6/c24-14-1-4-19(25)18(11-14)22-28-20-5-6-21(30-13-15-2-3-17(30)12-27-15)29-23(20)31(22)16-7-9-26-10-8-16/h1,4-11,15,17,27H,2-3,12-13H2/t15-,17-/m1/s1. The van der Waals surface area contributed by atoms with E-state index in [-0.39, 0.29) is 5.82 Å². The molecule has 3 saturated heterocycles. The van der Waals surface area contributed by atoms with Gasteiger partial charge in [-0.1, -0.05) is 11.6 Å². The number of fused-ring (bicyclic) bond motifs is 4. The molecule has 4 aromatic rings. The van der Waals surface area contributed by atoms with Crippen LogP contribution in [0.1, 0.15) is 12.8 Å². The first-order valence-electron chi connectivity index (χ1n) is 10.4. The number of hydrogen-bond donors (Lipinski definition) is 1. The van der Waals surface area contributed by atoms with E-state index in [1.807, 2.05) is 28.8 Å². The first kappa shape index (κ1) is 18.7. The van der Waals surface area contributed by atoms with Crippen LogP contribution in [0, 0.1) is 5.82 Å². The van der Waals surface area contributed by atoms with Crippen LogP contribution >= 0.6 is 11.6 Å². The number of imidazole rings is 1. The smallest absolute Gasteiger partial charge is 0.167 e. The minimum Gasteiger partial charge on any atom is -0.351 e. The highest BCUT2D eigenvalue weighted by atomic mass is 35.5. The number of nitrogens with zero attached hydrogens (tertiary/aromatic N) is 5. The third-order valence-corrected chi connectivity index (χ3v) is 6.46. The zero-order chi connectivity index (χ0) is 20.9. The summed E-state index contributed by atoms with van der Waals surface area (Å²) in [5, 5.41) is 4.04. The van der Waals surface area contributed by atoms with E-state index >= 15 is 0 Å². The summed E-state index contributed by atoms with van der Waals surface area (Å²) in [6, 6.07) is 13.2. The fourth-order valence-electron chi connectivity index (χ4n) is 4.68. The zero-order valence-corrected chi connectivity index (χ0v) is 17.4. The average Bonchev–Trinajstić information content (AvgIpc) is 3.20. The predicted molar refractivity (Wildman–Crippen MR) is 119 cm³/mol. The van der Waals surface area contributed by atoms with Crippen LogP contribution in [0.4, 0.5) is 10.2 Å². The molecular weight excluding hydrogens is 415 g/mol. The molecular formula is C23H20ClFN6. The molecule has 156 valence electrons. The normalized spacial score (nSPS) is 20.5. The molecule has 1 aromatic carbocycles. The molecule has 3 aliphatic heterocycles. The molecule has 0 amide bonds. The Morgan fingerprint density at radius 2 is 1.90 bits per heavy atom. The summed E-state index contributed by atoms with van der Waals surface area (Å²) >= 11 is 6.18. The van der Waals surface area contributed by atoms with Gasteiger partial charge in [0.1, 0.15) is 23.0 Å². The minimum absolute atomic E-state index is 0.338. The van der Waals surface area contributed by atoms with Gasteiger partial charge >= 0.3 is 0 Å². The van der Waals surface area contributed by atoms with E-state index in [9.17, 15) is 4.39 Å². The van der Waals surface area contributed by atoms with Crippen LogP contribution in [-0.4, -0.2) is 44.7 Å². The van der Waals surface area contributed by atoms with Crippen LogP contribution in [0.15, 0.2) is 54.9 Å². The lowest BCUT2D eigenvalue weighted by Crippen LogP contribution is -2.61. The summed E-state index contributed by atoms with van der Waals surface area (Å²) in [4.78, 5) is 16.3. The maximum Gasteiger partial charge on any atom is 0.167 e. The molecule has 0 spiro atoms. The average molecular weight is 435 g/mol. The molecule has 7 rings (SSSR count). The molecule has 0 radical (unpaired) electrons. The molecule has 3 aliphatic rings. The van der Waals surface area contributed by atoms with Crippen molar-refractivity contribution in [3.8, 4) is 17.1 Å². The number of benzene rings is 1. The third kappa shape index (κ3) is 3.16. The number of pyridine rings is 2. The number of rotatable bonds is 3.